The molecule has 13 nitrogen and oxygen atoms in total. The molecule has 0 saturated carbocycles. The van der Waals surface area contributed by atoms with Gasteiger partial charge in [0.05, 0.1) is 59.9 Å². The molecule has 1 aliphatic heterocycles. The number of ether oxygens (including phenoxy) is 3. The van der Waals surface area contributed by atoms with Crippen LogP contribution in [0.15, 0.2) is 18.2 Å². The highest BCUT2D eigenvalue weighted by Gasteiger charge is 2.53. The third-order valence-corrected chi connectivity index (χ3v) is 11.5. The molecule has 15 heteroatoms. The number of rotatable bonds is 21. The maximum atomic E-state index is 14.5. The molecule has 0 aliphatic carbocycles. The molecule has 0 spiro atoms. The fraction of sp³-hybridized carbons (Fsp3) is 0.732. The summed E-state index contributed by atoms with van der Waals surface area (Å²) in [6.45, 7) is 16.5. The van der Waals surface area contributed by atoms with Gasteiger partial charge in [-0.1, -0.05) is 61.0 Å². The average Bonchev–Trinajstić information content (AvgIpc) is 3.49. The number of likely N-dealkylation sites (tertiary alicyclic amines) is 1. The summed E-state index contributed by atoms with van der Waals surface area (Å²) in [5.74, 6) is -5.80. The fourth-order valence-electron chi connectivity index (χ4n) is 8.11. The van der Waals surface area contributed by atoms with Gasteiger partial charge in [-0.15, -0.1) is 0 Å². The van der Waals surface area contributed by atoms with Crippen LogP contribution < -0.4 is 16.0 Å². The topological polar surface area (TPSA) is 156 Å². The predicted octanol–water partition coefficient (Wildman–Crippen LogP) is 3.97. The van der Waals surface area contributed by atoms with Gasteiger partial charge in [0.15, 0.2) is 5.78 Å². The third-order valence-electron chi connectivity index (χ3n) is 11.5. The number of nitrogens with zero attached hydrogens (tertiary/aromatic N) is 2. The zero-order chi connectivity index (χ0) is 42.8. The first-order valence-corrected chi connectivity index (χ1v) is 19.6. The summed E-state index contributed by atoms with van der Waals surface area (Å²) in [5.41, 5.74) is -1.83. The largest absolute Gasteiger partial charge is 0.380 e. The Labute approximate surface area is 332 Å². The molecule has 1 fully saturated rings. The van der Waals surface area contributed by atoms with E-state index < -0.39 is 82.8 Å². The van der Waals surface area contributed by atoms with E-state index in [1.54, 1.807) is 37.7 Å². The summed E-state index contributed by atoms with van der Waals surface area (Å²) < 4.78 is 46.4. The van der Waals surface area contributed by atoms with Crippen LogP contribution >= 0.6 is 0 Å². The number of hydrogen-bond donors (Lipinski definition) is 3. The van der Waals surface area contributed by atoms with Crippen LogP contribution in [0, 0.1) is 35.3 Å². The van der Waals surface area contributed by atoms with E-state index in [1.807, 2.05) is 41.5 Å². The Bertz CT molecular complexity index is 1490. The summed E-state index contributed by atoms with van der Waals surface area (Å²) >= 11 is 0. The molecule has 318 valence electrons. The van der Waals surface area contributed by atoms with Crippen molar-refractivity contribution in [3.05, 3.63) is 35.4 Å². The van der Waals surface area contributed by atoms with Crippen LogP contribution in [0.1, 0.15) is 91.9 Å². The van der Waals surface area contributed by atoms with Gasteiger partial charge in [0.25, 0.3) is 0 Å². The van der Waals surface area contributed by atoms with Crippen molar-refractivity contribution < 1.29 is 47.0 Å². The lowest BCUT2D eigenvalue weighted by Crippen LogP contribution is -2.61. The highest BCUT2D eigenvalue weighted by molar-refractivity contribution is 6.02. The number of amides is 4. The Morgan fingerprint density at radius 1 is 0.911 bits per heavy atom. The van der Waals surface area contributed by atoms with Gasteiger partial charge in [0.2, 0.25) is 23.6 Å². The lowest BCUT2D eigenvalue weighted by molar-refractivity contribution is -0.152. The highest BCUT2D eigenvalue weighted by atomic mass is 19.1. The Hall–Kier alpha value is -3.53. The van der Waals surface area contributed by atoms with Gasteiger partial charge in [-0.3, -0.25) is 24.0 Å². The first-order chi connectivity index (χ1) is 26.2. The zero-order valence-electron chi connectivity index (χ0n) is 35.8. The molecule has 1 saturated heterocycles. The maximum absolute atomic E-state index is 14.5. The second kappa shape index (κ2) is 21.3. The monoisotopic (exact) mass is 795 g/mol. The molecular weight excluding hydrogens is 728 g/mol. The number of ketones is 1. The van der Waals surface area contributed by atoms with Crippen LogP contribution in [0.2, 0.25) is 0 Å². The van der Waals surface area contributed by atoms with E-state index in [0.717, 1.165) is 18.2 Å². The number of hydrogen-bond acceptors (Lipinski definition) is 9. The minimum absolute atomic E-state index is 0.00859. The zero-order valence-corrected chi connectivity index (χ0v) is 35.8. The maximum Gasteiger partial charge on any atom is 0.245 e. The van der Waals surface area contributed by atoms with E-state index in [4.69, 9.17) is 14.2 Å². The van der Waals surface area contributed by atoms with E-state index in [0.29, 0.717) is 12.8 Å². The number of carbonyl (C=O) groups excluding carboxylic acids is 5. The fourth-order valence-corrected chi connectivity index (χ4v) is 8.11. The van der Waals surface area contributed by atoms with Crippen molar-refractivity contribution in [2.45, 2.75) is 130 Å². The second-order valence-corrected chi connectivity index (χ2v) is 16.1. The smallest absolute Gasteiger partial charge is 0.245 e. The molecule has 1 aliphatic rings. The summed E-state index contributed by atoms with van der Waals surface area (Å²) in [5, 5.41) is 8.55. The van der Waals surface area contributed by atoms with Gasteiger partial charge in [0, 0.05) is 41.3 Å². The first kappa shape index (κ1) is 48.6. The molecule has 1 aromatic carbocycles. The quantitative estimate of drug-likeness (QED) is 0.157. The van der Waals surface area contributed by atoms with Crippen molar-refractivity contribution in [1.29, 1.82) is 0 Å². The van der Waals surface area contributed by atoms with Crippen LogP contribution in [0.4, 0.5) is 8.78 Å². The van der Waals surface area contributed by atoms with Crippen LogP contribution in [0.3, 0.4) is 0 Å². The Balaban J connectivity index is 2.40. The molecule has 1 heterocycles. The standard InChI is InChI=1S/C41H67F2N5O8/c1-15-24(6)35(47(11)40(53)34(23(4)5)46-39(52)33(44-10)22(2)3)30(55-13)19-31(49)48-21-27(54-12)20-41(48,9)37(56-14)25(7)38(51)45-26(8)36(50)32-28(42)17-16-18-29(32)43/h16-18,22-27,30,33-35,37,44H,15,19-21H2,1-14H3,(H,45,51)(H,46,52)/t24?,25-,26+,27-,30-,33+,34+,35+,37-,41+/m1/s1. The molecule has 1 unspecified atom stereocenters. The van der Waals surface area contributed by atoms with Crippen molar-refractivity contribution in [3.8, 4) is 0 Å². The number of likely N-dealkylation sites (N-methyl/N-ethyl adjacent to an activating group) is 2. The SMILES string of the molecule is CCC(C)[C@@H]([C@@H](CC(=O)N1C[C@H](OC)C[C@@]1(C)[C@H](OC)[C@@H](C)C(=O)N[C@@H](C)C(=O)c1c(F)cccc1F)OC)N(C)C(=O)[C@@H](NC(=O)[C@@H](NC)C(C)C)C(C)C. The molecule has 0 aromatic heterocycles. The molecule has 56 heavy (non-hydrogen) atoms. The summed E-state index contributed by atoms with van der Waals surface area (Å²) in [6.07, 6.45) is -1.21. The second-order valence-electron chi connectivity index (χ2n) is 16.1. The van der Waals surface area contributed by atoms with Crippen LogP contribution in [-0.2, 0) is 33.4 Å². The molecule has 2 rings (SSSR count). The lowest BCUT2D eigenvalue weighted by Gasteiger charge is -2.44. The van der Waals surface area contributed by atoms with E-state index in [9.17, 15) is 32.8 Å². The average molecular weight is 796 g/mol. The van der Waals surface area contributed by atoms with Crippen molar-refractivity contribution >= 4 is 29.4 Å². The molecule has 0 radical (unpaired) electrons. The third kappa shape index (κ3) is 11.1. The van der Waals surface area contributed by atoms with Crippen molar-refractivity contribution in [2.24, 2.45) is 23.7 Å². The van der Waals surface area contributed by atoms with Crippen molar-refractivity contribution in [3.63, 3.8) is 0 Å². The van der Waals surface area contributed by atoms with E-state index in [2.05, 4.69) is 16.0 Å². The predicted molar refractivity (Wildman–Crippen MR) is 210 cm³/mol. The summed E-state index contributed by atoms with van der Waals surface area (Å²) in [6, 6.07) is -0.0556. The lowest BCUT2D eigenvalue weighted by atomic mass is 9.82. The van der Waals surface area contributed by atoms with Gasteiger partial charge in [0.1, 0.15) is 17.7 Å². The minimum Gasteiger partial charge on any atom is -0.380 e. The van der Waals surface area contributed by atoms with Crippen LogP contribution in [0.5, 0.6) is 0 Å². The van der Waals surface area contributed by atoms with Crippen molar-refractivity contribution in [2.75, 3.05) is 42.0 Å². The number of Topliss-reactive ketones (excluding diaryl/α,β-unsaturated/α-hetero) is 1. The summed E-state index contributed by atoms with van der Waals surface area (Å²) in [7, 11) is 7.83. The molecule has 4 amide bonds. The first-order valence-electron chi connectivity index (χ1n) is 19.6. The van der Waals surface area contributed by atoms with Gasteiger partial charge in [-0.25, -0.2) is 8.78 Å². The number of carbonyl (C=O) groups is 5. The highest BCUT2D eigenvalue weighted by Crippen LogP contribution is 2.39. The van der Waals surface area contributed by atoms with Crippen LogP contribution in [0.25, 0.3) is 0 Å². The van der Waals surface area contributed by atoms with Gasteiger partial charge in [-0.05, 0) is 50.8 Å². The van der Waals surface area contributed by atoms with Gasteiger partial charge >= 0.3 is 0 Å². The molecular formula is C41H67F2N5O8. The van der Waals surface area contributed by atoms with E-state index in [1.165, 1.54) is 28.3 Å². The Morgan fingerprint density at radius 3 is 1.95 bits per heavy atom. The molecule has 1 aromatic rings. The van der Waals surface area contributed by atoms with Gasteiger partial charge in [-0.2, -0.15) is 0 Å². The van der Waals surface area contributed by atoms with E-state index >= 15 is 0 Å². The number of halogens is 2. The molecule has 3 N–H and O–H groups in total. The number of methoxy groups -OCH3 is 3. The van der Waals surface area contributed by atoms with Crippen LogP contribution in [-0.4, -0.2) is 129 Å². The molecule has 10 atom stereocenters. The van der Waals surface area contributed by atoms with Crippen molar-refractivity contribution in [1.82, 2.24) is 25.8 Å². The Kier molecular flexibility index (Phi) is 18.5. The normalized spacial score (nSPS) is 21.5. The summed E-state index contributed by atoms with van der Waals surface area (Å²) in [4.78, 5) is 71.8. The van der Waals surface area contributed by atoms with E-state index in [-0.39, 0.29) is 48.4 Å². The number of benzene rings is 1. The minimum atomic E-state index is -1.27. The number of nitrogens with one attached hydrogen (secondary N) is 3. The molecule has 0 bridgehead atoms. The van der Waals surface area contributed by atoms with Gasteiger partial charge < -0.3 is 40.0 Å². The Morgan fingerprint density at radius 2 is 1.48 bits per heavy atom.